The number of unbranched alkanes of at least 4 members (excludes halogenated alkanes) is 1. The lowest BCUT2D eigenvalue weighted by atomic mass is 10.2. The van der Waals surface area contributed by atoms with Crippen molar-refractivity contribution in [3.05, 3.63) is 63.9 Å². The quantitative estimate of drug-likeness (QED) is 0.566. The van der Waals surface area contributed by atoms with Gasteiger partial charge in [0.15, 0.2) is 0 Å². The minimum Gasteiger partial charge on any atom is -0.462 e. The summed E-state index contributed by atoms with van der Waals surface area (Å²) in [5.74, 6) is -1.19. The van der Waals surface area contributed by atoms with Crippen molar-refractivity contribution in [3.8, 4) is 0 Å². The van der Waals surface area contributed by atoms with Crippen molar-refractivity contribution in [1.29, 1.82) is 0 Å². The molecule has 0 saturated carbocycles. The Kier molecular flexibility index (Phi) is 6.49. The fourth-order valence-corrected chi connectivity index (χ4v) is 2.49. The molecule has 0 aliphatic rings. The van der Waals surface area contributed by atoms with Gasteiger partial charge >= 0.3 is 5.97 Å². The van der Waals surface area contributed by atoms with Gasteiger partial charge in [0.1, 0.15) is 5.82 Å². The van der Waals surface area contributed by atoms with Crippen LogP contribution in [0.4, 0.5) is 10.1 Å². The van der Waals surface area contributed by atoms with E-state index in [-0.39, 0.29) is 11.9 Å². The number of nitrogens with one attached hydrogen (secondary N) is 1. The Hall–Kier alpha value is -2.21. The number of esters is 1. The van der Waals surface area contributed by atoms with Gasteiger partial charge in [-0.1, -0.05) is 13.3 Å². The van der Waals surface area contributed by atoms with Gasteiger partial charge in [-0.05, 0) is 64.8 Å². The monoisotopic (exact) mass is 393 g/mol. The highest BCUT2D eigenvalue weighted by atomic mass is 79.9. The molecule has 0 atom stereocenters. The Balaban J connectivity index is 2.00. The van der Waals surface area contributed by atoms with Gasteiger partial charge in [-0.25, -0.2) is 9.18 Å². The van der Waals surface area contributed by atoms with Crippen molar-refractivity contribution in [2.75, 3.05) is 11.9 Å². The van der Waals surface area contributed by atoms with Crippen molar-refractivity contribution in [3.63, 3.8) is 0 Å². The van der Waals surface area contributed by atoms with E-state index in [4.69, 9.17) is 4.74 Å². The summed E-state index contributed by atoms with van der Waals surface area (Å²) in [5, 5.41) is 2.69. The predicted octanol–water partition coefficient (Wildman–Crippen LogP) is 4.80. The molecule has 0 unspecified atom stereocenters. The first-order valence-electron chi connectivity index (χ1n) is 7.55. The predicted molar refractivity (Wildman–Crippen MR) is 93.7 cm³/mol. The summed E-state index contributed by atoms with van der Waals surface area (Å²) >= 11 is 3.16. The minimum absolute atomic E-state index is 0.319. The van der Waals surface area contributed by atoms with Gasteiger partial charge in [0.05, 0.1) is 17.7 Å². The molecule has 0 heterocycles. The Morgan fingerprint density at radius 3 is 2.50 bits per heavy atom. The first-order chi connectivity index (χ1) is 11.5. The van der Waals surface area contributed by atoms with E-state index < -0.39 is 5.82 Å². The number of carbonyl (C=O) groups excluding carboxylic acids is 2. The van der Waals surface area contributed by atoms with Crippen LogP contribution in [-0.2, 0) is 4.74 Å². The molecule has 2 aromatic rings. The highest BCUT2D eigenvalue weighted by Gasteiger charge is 2.12. The topological polar surface area (TPSA) is 55.4 Å². The molecule has 4 nitrogen and oxygen atoms in total. The molecule has 1 N–H and O–H groups in total. The van der Waals surface area contributed by atoms with E-state index in [2.05, 4.69) is 21.2 Å². The summed E-state index contributed by atoms with van der Waals surface area (Å²) in [6, 6.07) is 10.2. The second-order valence-electron chi connectivity index (χ2n) is 5.15. The molecule has 0 radical (unpaired) electrons. The van der Waals surface area contributed by atoms with Gasteiger partial charge in [-0.15, -0.1) is 0 Å². The third kappa shape index (κ3) is 4.89. The molecule has 0 saturated heterocycles. The number of benzene rings is 2. The molecule has 126 valence electrons. The number of hydrogen-bond donors (Lipinski definition) is 1. The normalized spacial score (nSPS) is 10.3. The molecular weight excluding hydrogens is 377 g/mol. The zero-order valence-electron chi connectivity index (χ0n) is 13.1. The van der Waals surface area contributed by atoms with Gasteiger partial charge in [0, 0.05) is 10.2 Å². The van der Waals surface area contributed by atoms with E-state index in [0.717, 1.165) is 12.8 Å². The van der Waals surface area contributed by atoms with Crippen LogP contribution in [0.3, 0.4) is 0 Å². The fraction of sp³-hybridized carbons (Fsp3) is 0.222. The van der Waals surface area contributed by atoms with Crippen molar-refractivity contribution >= 4 is 33.5 Å². The average Bonchev–Trinajstić information content (AvgIpc) is 2.55. The first kappa shape index (κ1) is 18.1. The van der Waals surface area contributed by atoms with Gasteiger partial charge in [0.2, 0.25) is 0 Å². The molecule has 0 bridgehead atoms. The number of hydrogen-bond acceptors (Lipinski definition) is 3. The van der Waals surface area contributed by atoms with Crippen molar-refractivity contribution in [2.45, 2.75) is 19.8 Å². The molecule has 2 rings (SSSR count). The maximum Gasteiger partial charge on any atom is 0.338 e. The van der Waals surface area contributed by atoms with E-state index in [9.17, 15) is 14.0 Å². The lowest BCUT2D eigenvalue weighted by molar-refractivity contribution is 0.0499. The highest BCUT2D eigenvalue weighted by Crippen LogP contribution is 2.20. The van der Waals surface area contributed by atoms with Crippen LogP contribution in [0, 0.1) is 5.82 Å². The van der Waals surface area contributed by atoms with E-state index in [1.807, 2.05) is 6.92 Å². The van der Waals surface area contributed by atoms with Crippen molar-refractivity contribution in [2.24, 2.45) is 0 Å². The van der Waals surface area contributed by atoms with Crippen LogP contribution in [0.2, 0.25) is 0 Å². The number of halogens is 2. The summed E-state index contributed by atoms with van der Waals surface area (Å²) in [7, 11) is 0. The number of anilines is 1. The second kappa shape index (κ2) is 8.59. The second-order valence-corrected chi connectivity index (χ2v) is 6.00. The molecule has 0 aliphatic carbocycles. The zero-order chi connectivity index (χ0) is 17.5. The molecule has 2 aromatic carbocycles. The lowest BCUT2D eigenvalue weighted by Gasteiger charge is -2.08. The Morgan fingerprint density at radius 1 is 1.17 bits per heavy atom. The lowest BCUT2D eigenvalue weighted by Crippen LogP contribution is -2.13. The molecule has 6 heteroatoms. The molecule has 0 aromatic heterocycles. The Bertz CT molecular complexity index is 732. The summed E-state index contributed by atoms with van der Waals surface area (Å²) in [6.07, 6.45) is 1.78. The van der Waals surface area contributed by atoms with Crippen LogP contribution < -0.4 is 5.32 Å². The first-order valence-corrected chi connectivity index (χ1v) is 8.34. The molecule has 0 fully saturated rings. The fourth-order valence-electron chi connectivity index (χ4n) is 1.95. The maximum atomic E-state index is 13.1. The maximum absolute atomic E-state index is 13.1. The van der Waals surface area contributed by atoms with Gasteiger partial charge in [-0.3, -0.25) is 4.79 Å². The summed E-state index contributed by atoms with van der Waals surface area (Å²) in [6.45, 7) is 2.41. The highest BCUT2D eigenvalue weighted by molar-refractivity contribution is 9.10. The number of amides is 1. The SMILES string of the molecule is CCCCOC(=O)c1ccc(NC(=O)c2ccc(F)cc2Br)cc1. The largest absolute Gasteiger partial charge is 0.462 e. The van der Waals surface area contributed by atoms with Gasteiger partial charge in [0.25, 0.3) is 5.91 Å². The smallest absolute Gasteiger partial charge is 0.338 e. The molecule has 1 amide bonds. The standard InChI is InChI=1S/C18H17BrFNO3/c1-2-3-10-24-18(23)12-4-7-14(8-5-12)21-17(22)15-9-6-13(20)11-16(15)19/h4-9,11H,2-3,10H2,1H3,(H,21,22). The third-order valence-electron chi connectivity index (χ3n) is 3.29. The summed E-state index contributed by atoms with van der Waals surface area (Å²) in [5.41, 5.74) is 1.27. The number of carbonyl (C=O) groups is 2. The summed E-state index contributed by atoms with van der Waals surface area (Å²) < 4.78 is 18.6. The molecule has 0 aliphatic heterocycles. The van der Waals surface area contributed by atoms with E-state index in [0.29, 0.717) is 27.9 Å². The third-order valence-corrected chi connectivity index (χ3v) is 3.94. The van der Waals surface area contributed by atoms with Crippen LogP contribution >= 0.6 is 15.9 Å². The van der Waals surface area contributed by atoms with Crippen molar-refractivity contribution < 1.29 is 18.7 Å². The zero-order valence-corrected chi connectivity index (χ0v) is 14.7. The van der Waals surface area contributed by atoms with Crippen LogP contribution in [0.15, 0.2) is 46.9 Å². The minimum atomic E-state index is -0.427. The number of rotatable bonds is 6. The Labute approximate surface area is 148 Å². The van der Waals surface area contributed by atoms with Crippen LogP contribution in [0.5, 0.6) is 0 Å². The van der Waals surface area contributed by atoms with Crippen LogP contribution in [0.1, 0.15) is 40.5 Å². The summed E-state index contributed by atoms with van der Waals surface area (Å²) in [4.78, 5) is 24.0. The van der Waals surface area contributed by atoms with E-state index >= 15 is 0 Å². The van der Waals surface area contributed by atoms with Gasteiger partial charge in [-0.2, -0.15) is 0 Å². The Morgan fingerprint density at radius 2 is 1.88 bits per heavy atom. The van der Waals surface area contributed by atoms with E-state index in [1.54, 1.807) is 24.3 Å². The average molecular weight is 394 g/mol. The van der Waals surface area contributed by atoms with E-state index in [1.165, 1.54) is 18.2 Å². The van der Waals surface area contributed by atoms with Crippen LogP contribution in [0.25, 0.3) is 0 Å². The van der Waals surface area contributed by atoms with Crippen LogP contribution in [-0.4, -0.2) is 18.5 Å². The molecular formula is C18H17BrFNO3. The molecule has 0 spiro atoms. The molecule has 24 heavy (non-hydrogen) atoms. The van der Waals surface area contributed by atoms with Gasteiger partial charge < -0.3 is 10.1 Å². The number of ether oxygens (including phenoxy) is 1. The van der Waals surface area contributed by atoms with Crippen molar-refractivity contribution in [1.82, 2.24) is 0 Å².